The third kappa shape index (κ3) is 6.79. The van der Waals surface area contributed by atoms with Crippen molar-refractivity contribution in [1.29, 1.82) is 0 Å². The van der Waals surface area contributed by atoms with E-state index in [4.69, 9.17) is 9.47 Å². The average Bonchev–Trinajstić information content (AvgIpc) is 2.60. The van der Waals surface area contributed by atoms with E-state index in [9.17, 15) is 0 Å². The second-order valence-electron chi connectivity index (χ2n) is 6.04. The second kappa shape index (κ2) is 13.0. The SMILES string of the molecule is CCCCC[C@H](c1cc(OC)c(Br)c(OC)c1)N1CCNCC1.Cl.Cl. The molecule has 0 aliphatic carbocycles. The van der Waals surface area contributed by atoms with Crippen molar-refractivity contribution in [2.45, 2.75) is 38.6 Å². The van der Waals surface area contributed by atoms with Crippen LogP contribution in [0.2, 0.25) is 0 Å². The number of methoxy groups -OCH3 is 2. The van der Waals surface area contributed by atoms with Gasteiger partial charge in [0.1, 0.15) is 16.0 Å². The van der Waals surface area contributed by atoms with Crippen molar-refractivity contribution in [2.24, 2.45) is 0 Å². The molecular weight excluding hydrogens is 427 g/mol. The minimum Gasteiger partial charge on any atom is -0.495 e. The molecule has 146 valence electrons. The number of rotatable bonds is 8. The van der Waals surface area contributed by atoms with E-state index in [1.165, 1.54) is 31.2 Å². The fraction of sp³-hybridized carbons (Fsp3) is 0.667. The van der Waals surface area contributed by atoms with E-state index in [0.717, 1.165) is 42.2 Å². The van der Waals surface area contributed by atoms with Crippen LogP contribution in [0.1, 0.15) is 44.2 Å². The lowest BCUT2D eigenvalue weighted by atomic mass is 9.97. The number of halogens is 3. The highest BCUT2D eigenvalue weighted by atomic mass is 79.9. The molecule has 1 aliphatic rings. The Labute approximate surface area is 173 Å². The Morgan fingerprint density at radius 3 is 2.12 bits per heavy atom. The van der Waals surface area contributed by atoms with E-state index in [1.54, 1.807) is 14.2 Å². The standard InChI is InChI=1S/C18H29BrN2O2.2ClH/c1-4-5-6-7-15(21-10-8-20-9-11-21)14-12-16(22-2)18(19)17(13-14)23-3;;/h12-13,15,20H,4-11H2,1-3H3;2*1H/t15-;;/m1../s1. The molecule has 1 heterocycles. The molecule has 0 aromatic heterocycles. The van der Waals surface area contributed by atoms with Gasteiger partial charge in [-0.1, -0.05) is 26.2 Å². The summed E-state index contributed by atoms with van der Waals surface area (Å²) in [5.41, 5.74) is 1.29. The normalized spacial score (nSPS) is 15.7. The maximum absolute atomic E-state index is 5.53. The molecule has 0 amide bonds. The molecule has 0 bridgehead atoms. The minimum atomic E-state index is 0. The zero-order chi connectivity index (χ0) is 16.7. The van der Waals surface area contributed by atoms with Gasteiger partial charge < -0.3 is 14.8 Å². The van der Waals surface area contributed by atoms with Crippen molar-refractivity contribution in [3.63, 3.8) is 0 Å². The molecule has 1 fully saturated rings. The lowest BCUT2D eigenvalue weighted by molar-refractivity contribution is 0.162. The van der Waals surface area contributed by atoms with Crippen molar-refractivity contribution >= 4 is 40.7 Å². The average molecular weight is 458 g/mol. The number of nitrogens with one attached hydrogen (secondary N) is 1. The summed E-state index contributed by atoms with van der Waals surface area (Å²) < 4.78 is 12.0. The second-order valence-corrected chi connectivity index (χ2v) is 6.83. The number of hydrogen-bond donors (Lipinski definition) is 1. The molecule has 0 radical (unpaired) electrons. The molecule has 4 nitrogen and oxygen atoms in total. The maximum atomic E-state index is 5.53. The van der Waals surface area contributed by atoms with Gasteiger partial charge in [0.25, 0.3) is 0 Å². The summed E-state index contributed by atoms with van der Waals surface area (Å²) in [4.78, 5) is 2.59. The summed E-state index contributed by atoms with van der Waals surface area (Å²) in [6.45, 7) is 6.57. The summed E-state index contributed by atoms with van der Waals surface area (Å²) >= 11 is 3.57. The third-order valence-corrected chi connectivity index (χ3v) is 5.31. The smallest absolute Gasteiger partial charge is 0.137 e. The highest BCUT2D eigenvalue weighted by Gasteiger charge is 2.24. The number of nitrogens with zero attached hydrogens (tertiary/aromatic N) is 1. The molecule has 0 unspecified atom stereocenters. The third-order valence-electron chi connectivity index (χ3n) is 4.53. The largest absolute Gasteiger partial charge is 0.495 e. The Bertz CT molecular complexity index is 475. The van der Waals surface area contributed by atoms with Crippen LogP contribution in [-0.4, -0.2) is 45.3 Å². The van der Waals surface area contributed by atoms with Gasteiger partial charge in [0.05, 0.1) is 14.2 Å². The van der Waals surface area contributed by atoms with Gasteiger partial charge in [-0.25, -0.2) is 0 Å². The van der Waals surface area contributed by atoms with Gasteiger partial charge in [0.15, 0.2) is 0 Å². The number of benzene rings is 1. The number of hydrogen-bond acceptors (Lipinski definition) is 4. The molecule has 1 aromatic rings. The van der Waals surface area contributed by atoms with Gasteiger partial charge in [-0.05, 0) is 40.0 Å². The van der Waals surface area contributed by atoms with Crippen LogP contribution in [-0.2, 0) is 0 Å². The summed E-state index contributed by atoms with van der Waals surface area (Å²) in [6, 6.07) is 4.75. The van der Waals surface area contributed by atoms with Crippen molar-refractivity contribution in [2.75, 3.05) is 40.4 Å². The van der Waals surface area contributed by atoms with Crippen LogP contribution in [0.5, 0.6) is 11.5 Å². The molecule has 1 aliphatic heterocycles. The molecule has 1 N–H and O–H groups in total. The fourth-order valence-corrected chi connectivity index (χ4v) is 3.78. The molecular formula is C18H31BrCl2N2O2. The van der Waals surface area contributed by atoms with Gasteiger partial charge in [0, 0.05) is 32.2 Å². The zero-order valence-electron chi connectivity index (χ0n) is 15.3. The molecule has 1 saturated heterocycles. The van der Waals surface area contributed by atoms with Crippen molar-refractivity contribution < 1.29 is 9.47 Å². The van der Waals surface area contributed by atoms with Crippen LogP contribution in [0.4, 0.5) is 0 Å². The monoisotopic (exact) mass is 456 g/mol. The van der Waals surface area contributed by atoms with Gasteiger partial charge in [0.2, 0.25) is 0 Å². The Hall–Kier alpha value is -0.200. The Balaban J connectivity index is 0.00000288. The molecule has 1 aromatic carbocycles. The van der Waals surface area contributed by atoms with Crippen LogP contribution in [0.25, 0.3) is 0 Å². The molecule has 7 heteroatoms. The Kier molecular flexibility index (Phi) is 12.9. The molecule has 0 saturated carbocycles. The summed E-state index contributed by atoms with van der Waals surface area (Å²) in [7, 11) is 3.42. The van der Waals surface area contributed by atoms with Gasteiger partial charge in [-0.15, -0.1) is 24.8 Å². The summed E-state index contributed by atoms with van der Waals surface area (Å²) in [5, 5.41) is 3.44. The van der Waals surface area contributed by atoms with Gasteiger partial charge in [-0.2, -0.15) is 0 Å². The fourth-order valence-electron chi connectivity index (χ4n) is 3.22. The lowest BCUT2D eigenvalue weighted by Gasteiger charge is -2.35. The van der Waals surface area contributed by atoms with Crippen LogP contribution in [0.3, 0.4) is 0 Å². The van der Waals surface area contributed by atoms with Gasteiger partial charge in [-0.3, -0.25) is 4.90 Å². The van der Waals surface area contributed by atoms with Crippen molar-refractivity contribution in [3.8, 4) is 11.5 Å². The van der Waals surface area contributed by atoms with E-state index in [-0.39, 0.29) is 24.8 Å². The maximum Gasteiger partial charge on any atom is 0.137 e. The first-order valence-electron chi connectivity index (χ1n) is 8.57. The van der Waals surface area contributed by atoms with E-state index in [0.29, 0.717) is 6.04 Å². The predicted octanol–water partition coefficient (Wildman–Crippen LogP) is 4.84. The van der Waals surface area contributed by atoms with Crippen LogP contribution in [0.15, 0.2) is 16.6 Å². The first kappa shape index (κ1) is 24.8. The summed E-state index contributed by atoms with van der Waals surface area (Å²) in [6.07, 6.45) is 4.97. The number of piperazine rings is 1. The lowest BCUT2D eigenvalue weighted by Crippen LogP contribution is -2.45. The molecule has 25 heavy (non-hydrogen) atoms. The minimum absolute atomic E-state index is 0. The van der Waals surface area contributed by atoms with E-state index < -0.39 is 0 Å². The van der Waals surface area contributed by atoms with Crippen molar-refractivity contribution in [3.05, 3.63) is 22.2 Å². The predicted molar refractivity (Wildman–Crippen MR) is 113 cm³/mol. The topological polar surface area (TPSA) is 33.7 Å². The molecule has 1 atom stereocenters. The van der Waals surface area contributed by atoms with Crippen molar-refractivity contribution in [1.82, 2.24) is 10.2 Å². The van der Waals surface area contributed by atoms with Crippen LogP contribution in [0, 0.1) is 0 Å². The highest BCUT2D eigenvalue weighted by Crippen LogP contribution is 2.39. The van der Waals surface area contributed by atoms with E-state index in [2.05, 4.69) is 45.2 Å². The Morgan fingerprint density at radius 2 is 1.64 bits per heavy atom. The highest BCUT2D eigenvalue weighted by molar-refractivity contribution is 9.10. The van der Waals surface area contributed by atoms with Gasteiger partial charge >= 0.3 is 0 Å². The molecule has 2 rings (SSSR count). The van der Waals surface area contributed by atoms with E-state index >= 15 is 0 Å². The summed E-state index contributed by atoms with van der Waals surface area (Å²) in [5.74, 6) is 1.69. The molecule has 0 spiro atoms. The number of ether oxygens (including phenoxy) is 2. The quantitative estimate of drug-likeness (QED) is 0.566. The first-order chi connectivity index (χ1) is 11.2. The first-order valence-corrected chi connectivity index (χ1v) is 9.36. The van der Waals surface area contributed by atoms with Crippen LogP contribution < -0.4 is 14.8 Å². The Morgan fingerprint density at radius 1 is 1.08 bits per heavy atom. The van der Waals surface area contributed by atoms with Crippen LogP contribution >= 0.6 is 40.7 Å². The van der Waals surface area contributed by atoms with E-state index in [1.807, 2.05) is 0 Å². The zero-order valence-corrected chi connectivity index (χ0v) is 18.6. The number of unbranched alkanes of at least 4 members (excludes halogenated alkanes) is 2.